The number of imide groups is 1. The standard InChI is InChI=1S/C24H26N4O4S2/c1-16(18-5-8-21-20(13-18)25-15-33-21)27-11-9-24(10-12-27)22(29)28(23(30)26-24)14-17-3-6-19(7-4-17)34(2,31)32/h3-8,13,15-16H,9-12,14H2,1-2H3,(H,26,30)/t16-/m0/s1. The van der Waals surface area contributed by atoms with Crippen molar-refractivity contribution in [1.29, 1.82) is 0 Å². The van der Waals surface area contributed by atoms with Gasteiger partial charge in [0.1, 0.15) is 5.54 Å². The van der Waals surface area contributed by atoms with E-state index in [2.05, 4.69) is 40.3 Å². The number of rotatable bonds is 5. The molecule has 1 N–H and O–H groups in total. The molecule has 2 aliphatic heterocycles. The Bertz CT molecular complexity index is 1360. The van der Waals surface area contributed by atoms with Crippen LogP contribution in [0.15, 0.2) is 52.9 Å². The molecule has 0 saturated carbocycles. The van der Waals surface area contributed by atoms with Gasteiger partial charge in [-0.1, -0.05) is 18.2 Å². The van der Waals surface area contributed by atoms with Gasteiger partial charge in [0.2, 0.25) is 0 Å². The Balaban J connectivity index is 1.25. The molecule has 3 heterocycles. The minimum atomic E-state index is -3.30. The Labute approximate surface area is 202 Å². The number of nitrogens with one attached hydrogen (secondary N) is 1. The van der Waals surface area contributed by atoms with E-state index in [1.165, 1.54) is 27.3 Å². The summed E-state index contributed by atoms with van der Waals surface area (Å²) in [7, 11) is -3.30. The third-order valence-corrected chi connectivity index (χ3v) is 8.91. The molecule has 2 saturated heterocycles. The maximum Gasteiger partial charge on any atom is 0.325 e. The second-order valence-corrected chi connectivity index (χ2v) is 12.0. The van der Waals surface area contributed by atoms with Gasteiger partial charge in [0, 0.05) is 25.4 Å². The number of carbonyl (C=O) groups excluding carboxylic acids is 2. The fraction of sp³-hybridized carbons (Fsp3) is 0.375. The maximum absolute atomic E-state index is 13.3. The number of hydrogen-bond acceptors (Lipinski definition) is 7. The van der Waals surface area contributed by atoms with Crippen molar-refractivity contribution < 1.29 is 18.0 Å². The van der Waals surface area contributed by atoms with E-state index in [0.29, 0.717) is 31.5 Å². The van der Waals surface area contributed by atoms with Crippen molar-refractivity contribution in [1.82, 2.24) is 20.1 Å². The zero-order valence-electron chi connectivity index (χ0n) is 19.0. The molecule has 0 aliphatic carbocycles. The van der Waals surface area contributed by atoms with Crippen LogP contribution in [0.25, 0.3) is 10.2 Å². The number of nitrogens with zero attached hydrogens (tertiary/aromatic N) is 3. The first-order valence-corrected chi connectivity index (χ1v) is 13.9. The number of likely N-dealkylation sites (tertiary alicyclic amines) is 1. The number of amides is 3. The van der Waals surface area contributed by atoms with Gasteiger partial charge in [-0.05, 0) is 55.2 Å². The van der Waals surface area contributed by atoms with Crippen LogP contribution in [0, 0.1) is 0 Å². The van der Waals surface area contributed by atoms with Crippen molar-refractivity contribution in [2.75, 3.05) is 19.3 Å². The van der Waals surface area contributed by atoms with E-state index in [0.717, 1.165) is 11.8 Å². The van der Waals surface area contributed by atoms with E-state index >= 15 is 0 Å². The third kappa shape index (κ3) is 4.10. The zero-order valence-corrected chi connectivity index (χ0v) is 20.7. The summed E-state index contributed by atoms with van der Waals surface area (Å²) < 4.78 is 24.5. The first kappa shape index (κ1) is 22.9. The van der Waals surface area contributed by atoms with Gasteiger partial charge in [0.05, 0.1) is 27.2 Å². The molecule has 0 bridgehead atoms. The van der Waals surface area contributed by atoms with Crippen molar-refractivity contribution >= 4 is 43.3 Å². The number of sulfone groups is 1. The Hall–Kier alpha value is -2.82. The van der Waals surface area contributed by atoms with E-state index < -0.39 is 21.4 Å². The molecule has 178 valence electrons. The molecule has 0 unspecified atom stereocenters. The summed E-state index contributed by atoms with van der Waals surface area (Å²) in [6.07, 6.45) is 2.24. The van der Waals surface area contributed by atoms with Gasteiger partial charge < -0.3 is 5.32 Å². The van der Waals surface area contributed by atoms with E-state index in [1.54, 1.807) is 23.5 Å². The highest BCUT2D eigenvalue weighted by molar-refractivity contribution is 7.90. The molecule has 2 aromatic carbocycles. The summed E-state index contributed by atoms with van der Waals surface area (Å²) in [4.78, 5) is 34.2. The summed E-state index contributed by atoms with van der Waals surface area (Å²) >= 11 is 1.62. The maximum atomic E-state index is 13.3. The minimum Gasteiger partial charge on any atom is -0.323 e. The number of urea groups is 1. The molecule has 5 rings (SSSR count). The molecular weight excluding hydrogens is 472 g/mol. The lowest BCUT2D eigenvalue weighted by Crippen LogP contribution is -2.55. The summed E-state index contributed by atoms with van der Waals surface area (Å²) in [5, 5.41) is 2.95. The summed E-state index contributed by atoms with van der Waals surface area (Å²) in [5.74, 6) is -0.208. The first-order chi connectivity index (χ1) is 16.2. The van der Waals surface area contributed by atoms with Crippen molar-refractivity contribution in [2.45, 2.75) is 42.8 Å². The number of fused-ring (bicyclic) bond motifs is 1. The highest BCUT2D eigenvalue weighted by Gasteiger charge is 2.52. The van der Waals surface area contributed by atoms with Crippen LogP contribution in [-0.2, 0) is 21.2 Å². The Morgan fingerprint density at radius 2 is 1.82 bits per heavy atom. The molecule has 3 aromatic rings. The number of hydrogen-bond donors (Lipinski definition) is 1. The van der Waals surface area contributed by atoms with Crippen LogP contribution in [0.1, 0.15) is 36.9 Å². The highest BCUT2D eigenvalue weighted by Crippen LogP contribution is 2.34. The number of carbonyl (C=O) groups is 2. The average Bonchev–Trinajstić information content (AvgIpc) is 3.37. The van der Waals surface area contributed by atoms with Gasteiger partial charge in [-0.25, -0.2) is 18.2 Å². The molecule has 3 amide bonds. The molecule has 1 atom stereocenters. The van der Waals surface area contributed by atoms with Crippen molar-refractivity contribution in [3.8, 4) is 0 Å². The second-order valence-electron chi connectivity index (χ2n) is 9.11. The summed E-state index contributed by atoms with van der Waals surface area (Å²) in [5.41, 5.74) is 3.87. The van der Waals surface area contributed by atoms with Gasteiger partial charge in [0.25, 0.3) is 5.91 Å². The van der Waals surface area contributed by atoms with Crippen LogP contribution in [0.4, 0.5) is 4.79 Å². The Morgan fingerprint density at radius 3 is 2.50 bits per heavy atom. The normalized spacial score (nSPS) is 19.6. The molecule has 2 aliphatic rings. The van der Waals surface area contributed by atoms with Crippen LogP contribution in [0.5, 0.6) is 0 Å². The van der Waals surface area contributed by atoms with Gasteiger partial charge in [-0.15, -0.1) is 11.3 Å². The van der Waals surface area contributed by atoms with Crippen molar-refractivity contribution in [3.05, 3.63) is 59.1 Å². The van der Waals surface area contributed by atoms with Gasteiger partial charge in [0.15, 0.2) is 9.84 Å². The van der Waals surface area contributed by atoms with E-state index in [1.807, 2.05) is 5.51 Å². The van der Waals surface area contributed by atoms with Crippen molar-refractivity contribution in [3.63, 3.8) is 0 Å². The summed E-state index contributed by atoms with van der Waals surface area (Å²) in [6, 6.07) is 12.4. The lowest BCUT2D eigenvalue weighted by Gasteiger charge is -2.40. The van der Waals surface area contributed by atoms with E-state index in [4.69, 9.17) is 0 Å². The predicted molar refractivity (Wildman–Crippen MR) is 130 cm³/mol. The van der Waals surface area contributed by atoms with Crippen LogP contribution < -0.4 is 5.32 Å². The minimum absolute atomic E-state index is 0.115. The predicted octanol–water partition coefficient (Wildman–Crippen LogP) is 3.35. The molecule has 10 heteroatoms. The lowest BCUT2D eigenvalue weighted by atomic mass is 9.86. The SMILES string of the molecule is C[C@@H](c1ccc2scnc2c1)N1CCC2(CC1)NC(=O)N(Cc1ccc(S(C)(=O)=O)cc1)C2=O. The molecule has 1 spiro atoms. The fourth-order valence-corrected chi connectivity index (χ4v) is 6.11. The summed E-state index contributed by atoms with van der Waals surface area (Å²) in [6.45, 7) is 3.66. The van der Waals surface area contributed by atoms with Gasteiger partial charge in [-0.3, -0.25) is 14.6 Å². The second kappa shape index (κ2) is 8.44. The number of thiazole rings is 1. The quantitative estimate of drug-likeness (QED) is 0.542. The van der Waals surface area contributed by atoms with Crippen LogP contribution in [0.3, 0.4) is 0 Å². The molecule has 1 aromatic heterocycles. The largest absolute Gasteiger partial charge is 0.325 e. The first-order valence-electron chi connectivity index (χ1n) is 11.2. The molecule has 2 fully saturated rings. The van der Waals surface area contributed by atoms with Gasteiger partial charge in [-0.2, -0.15) is 0 Å². The van der Waals surface area contributed by atoms with Crippen LogP contribution >= 0.6 is 11.3 Å². The molecule has 8 nitrogen and oxygen atoms in total. The fourth-order valence-electron chi connectivity index (χ4n) is 4.82. The molecule has 34 heavy (non-hydrogen) atoms. The Morgan fingerprint density at radius 1 is 1.12 bits per heavy atom. The Kier molecular flexibility index (Phi) is 5.70. The van der Waals surface area contributed by atoms with Crippen LogP contribution in [-0.4, -0.2) is 60.0 Å². The topological polar surface area (TPSA) is 99.7 Å². The van der Waals surface area contributed by atoms with E-state index in [-0.39, 0.29) is 23.4 Å². The van der Waals surface area contributed by atoms with E-state index in [9.17, 15) is 18.0 Å². The van der Waals surface area contributed by atoms with Crippen molar-refractivity contribution in [2.24, 2.45) is 0 Å². The third-order valence-electron chi connectivity index (χ3n) is 6.97. The number of piperidine rings is 1. The zero-order chi connectivity index (χ0) is 24.1. The monoisotopic (exact) mass is 498 g/mol. The number of benzene rings is 2. The highest BCUT2D eigenvalue weighted by atomic mass is 32.2. The molecular formula is C24H26N4O4S2. The smallest absolute Gasteiger partial charge is 0.323 e. The number of aromatic nitrogens is 1. The lowest BCUT2D eigenvalue weighted by molar-refractivity contribution is -0.133. The average molecular weight is 499 g/mol. The van der Waals surface area contributed by atoms with Crippen LogP contribution in [0.2, 0.25) is 0 Å². The van der Waals surface area contributed by atoms with Gasteiger partial charge >= 0.3 is 6.03 Å². The molecule has 0 radical (unpaired) electrons.